The highest BCUT2D eigenvalue weighted by Crippen LogP contribution is 2.52. The highest BCUT2D eigenvalue weighted by molar-refractivity contribution is 9.10. The molecule has 0 heterocycles. The Morgan fingerprint density at radius 1 is 1.24 bits per heavy atom. The van der Waals surface area contributed by atoms with Crippen molar-refractivity contribution in [1.82, 2.24) is 4.72 Å². The normalized spacial score (nSPS) is 25.1. The smallest absolute Gasteiger partial charge is 0.303 e. The SMILES string of the molecule is O=C(O)CCCC=CC1C(=CNS(=O)(=O)CCc2ccc(Br)cc2)C2CCC1C2. The van der Waals surface area contributed by atoms with Gasteiger partial charge in [0.05, 0.1) is 5.75 Å². The van der Waals surface area contributed by atoms with Crippen LogP contribution in [0.4, 0.5) is 0 Å². The number of unbranched alkanes of at least 4 members (excludes halogenated alkanes) is 1. The summed E-state index contributed by atoms with van der Waals surface area (Å²) in [7, 11) is -3.38. The van der Waals surface area contributed by atoms with Crippen molar-refractivity contribution in [3.05, 3.63) is 58.2 Å². The van der Waals surface area contributed by atoms with Crippen LogP contribution >= 0.6 is 15.9 Å². The summed E-state index contributed by atoms with van der Waals surface area (Å²) in [6.07, 6.45) is 11.4. The predicted molar refractivity (Wildman–Crippen MR) is 118 cm³/mol. The van der Waals surface area contributed by atoms with Crippen molar-refractivity contribution in [2.45, 2.75) is 44.9 Å². The molecule has 2 saturated carbocycles. The van der Waals surface area contributed by atoms with E-state index in [9.17, 15) is 13.2 Å². The first-order valence-corrected chi connectivity index (χ1v) is 12.6. The second kappa shape index (κ2) is 9.94. The fourth-order valence-corrected chi connectivity index (χ4v) is 5.61. The molecular weight excluding hydrogens is 454 g/mol. The Morgan fingerprint density at radius 2 is 2.00 bits per heavy atom. The maximum Gasteiger partial charge on any atom is 0.303 e. The second-order valence-corrected chi connectivity index (χ2v) is 10.8. The summed E-state index contributed by atoms with van der Waals surface area (Å²) in [5.41, 5.74) is 2.18. The van der Waals surface area contributed by atoms with Crippen LogP contribution in [0.5, 0.6) is 0 Å². The fourth-order valence-electron chi connectivity index (χ4n) is 4.41. The Kier molecular flexibility index (Phi) is 7.57. The third-order valence-electron chi connectivity index (χ3n) is 5.92. The first kappa shape index (κ1) is 22.1. The van der Waals surface area contributed by atoms with Crippen molar-refractivity contribution < 1.29 is 18.3 Å². The summed E-state index contributed by atoms with van der Waals surface area (Å²) in [5.74, 6) is 0.601. The zero-order valence-corrected chi connectivity index (χ0v) is 18.8. The summed E-state index contributed by atoms with van der Waals surface area (Å²) < 4.78 is 28.6. The Labute approximate surface area is 181 Å². The van der Waals surface area contributed by atoms with Crippen molar-refractivity contribution in [2.24, 2.45) is 17.8 Å². The number of rotatable bonds is 10. The van der Waals surface area contributed by atoms with Gasteiger partial charge in [-0.25, -0.2) is 8.42 Å². The number of sulfonamides is 1. The lowest BCUT2D eigenvalue weighted by molar-refractivity contribution is -0.137. The quantitative estimate of drug-likeness (QED) is 0.376. The molecule has 3 atom stereocenters. The number of carboxylic acids is 1. The maximum absolute atomic E-state index is 12.5. The van der Waals surface area contributed by atoms with Gasteiger partial charge >= 0.3 is 5.97 Å². The Morgan fingerprint density at radius 3 is 2.72 bits per heavy atom. The Hall–Kier alpha value is -1.60. The van der Waals surface area contributed by atoms with Crippen LogP contribution in [-0.4, -0.2) is 25.2 Å². The van der Waals surface area contributed by atoms with E-state index < -0.39 is 16.0 Å². The number of aryl methyl sites for hydroxylation is 1. The lowest BCUT2D eigenvalue weighted by Crippen LogP contribution is -2.24. The van der Waals surface area contributed by atoms with Crippen LogP contribution < -0.4 is 4.72 Å². The predicted octanol–water partition coefficient (Wildman–Crippen LogP) is 4.65. The highest BCUT2D eigenvalue weighted by Gasteiger charge is 2.42. The van der Waals surface area contributed by atoms with Crippen LogP contribution in [0.15, 0.2) is 52.7 Å². The van der Waals surface area contributed by atoms with E-state index in [4.69, 9.17) is 5.11 Å². The minimum Gasteiger partial charge on any atom is -0.481 e. The van der Waals surface area contributed by atoms with Crippen molar-refractivity contribution in [2.75, 3.05) is 5.75 Å². The molecule has 2 fully saturated rings. The monoisotopic (exact) mass is 481 g/mol. The molecule has 29 heavy (non-hydrogen) atoms. The molecule has 5 nitrogen and oxygen atoms in total. The summed E-state index contributed by atoms with van der Waals surface area (Å²) in [6.45, 7) is 0. The molecule has 2 aliphatic carbocycles. The van der Waals surface area contributed by atoms with E-state index in [0.717, 1.165) is 29.3 Å². The minimum absolute atomic E-state index is 0.0577. The van der Waals surface area contributed by atoms with Gasteiger partial charge in [-0.3, -0.25) is 9.52 Å². The van der Waals surface area contributed by atoms with Gasteiger partial charge in [-0.05, 0) is 73.6 Å². The fraction of sp³-hybridized carbons (Fsp3) is 0.500. The topological polar surface area (TPSA) is 83.5 Å². The van der Waals surface area contributed by atoms with Crippen LogP contribution in [0.3, 0.4) is 0 Å². The molecule has 0 aromatic heterocycles. The third-order valence-corrected chi connectivity index (χ3v) is 7.67. The molecule has 2 aliphatic rings. The Bertz CT molecular complexity index is 877. The molecular formula is C22H28BrNO4S. The molecule has 0 saturated heterocycles. The first-order valence-electron chi connectivity index (χ1n) is 10.2. The van der Waals surface area contributed by atoms with Crippen molar-refractivity contribution in [3.63, 3.8) is 0 Å². The summed E-state index contributed by atoms with van der Waals surface area (Å²) in [5, 5.41) is 8.73. The number of fused-ring (bicyclic) bond motifs is 2. The van der Waals surface area contributed by atoms with Crippen LogP contribution in [0.1, 0.15) is 44.1 Å². The van der Waals surface area contributed by atoms with Gasteiger partial charge in [0.25, 0.3) is 0 Å². The number of allylic oxidation sites excluding steroid dienone is 3. The van der Waals surface area contributed by atoms with Gasteiger partial charge in [-0.15, -0.1) is 0 Å². The van der Waals surface area contributed by atoms with E-state index in [1.807, 2.05) is 24.3 Å². The van der Waals surface area contributed by atoms with E-state index in [0.29, 0.717) is 24.7 Å². The van der Waals surface area contributed by atoms with Gasteiger partial charge in [0, 0.05) is 23.0 Å². The molecule has 0 spiro atoms. The number of aliphatic carboxylic acids is 1. The van der Waals surface area contributed by atoms with E-state index in [2.05, 4.69) is 32.8 Å². The number of carboxylic acid groups (broad SMARTS) is 1. The van der Waals surface area contributed by atoms with Crippen LogP contribution in [0, 0.1) is 17.8 Å². The van der Waals surface area contributed by atoms with Gasteiger partial charge in [0.1, 0.15) is 0 Å². The molecule has 3 unspecified atom stereocenters. The molecule has 3 rings (SSSR count). The van der Waals surface area contributed by atoms with E-state index in [1.165, 1.54) is 12.0 Å². The summed E-state index contributed by atoms with van der Waals surface area (Å²) in [4.78, 5) is 10.6. The second-order valence-electron chi connectivity index (χ2n) is 7.97. The average molecular weight is 482 g/mol. The van der Waals surface area contributed by atoms with E-state index >= 15 is 0 Å². The van der Waals surface area contributed by atoms with Crippen molar-refractivity contribution in [1.29, 1.82) is 0 Å². The zero-order valence-electron chi connectivity index (χ0n) is 16.4. The maximum atomic E-state index is 12.5. The van der Waals surface area contributed by atoms with Gasteiger partial charge < -0.3 is 5.11 Å². The molecule has 158 valence electrons. The largest absolute Gasteiger partial charge is 0.481 e. The summed E-state index contributed by atoms with van der Waals surface area (Å²) in [6, 6.07) is 7.69. The average Bonchev–Trinajstić information content (AvgIpc) is 3.27. The number of nitrogens with one attached hydrogen (secondary N) is 1. The third kappa shape index (κ3) is 6.44. The lowest BCUT2D eigenvalue weighted by Gasteiger charge is -2.22. The zero-order chi connectivity index (χ0) is 20.9. The number of halogens is 1. The van der Waals surface area contributed by atoms with Crippen molar-refractivity contribution >= 4 is 31.9 Å². The molecule has 0 amide bonds. The minimum atomic E-state index is -3.38. The van der Waals surface area contributed by atoms with Crippen molar-refractivity contribution in [3.8, 4) is 0 Å². The van der Waals surface area contributed by atoms with Crippen LogP contribution in [0.2, 0.25) is 0 Å². The summed E-state index contributed by atoms with van der Waals surface area (Å²) >= 11 is 3.38. The molecule has 0 aliphatic heterocycles. The number of benzene rings is 1. The standard InChI is InChI=1S/C22H28BrNO4S/c23-19-10-6-16(7-11-19)12-13-29(27,28)24-15-21-18-9-8-17(14-18)20(21)4-2-1-3-5-22(25)26/h2,4,6-7,10-11,15,17-18,20,24H,1,3,5,8-9,12-14H2,(H,25,26). The number of carbonyl (C=O) groups is 1. The Balaban J connectivity index is 1.57. The van der Waals surface area contributed by atoms with Gasteiger partial charge in [0.15, 0.2) is 0 Å². The molecule has 2 bridgehead atoms. The lowest BCUT2D eigenvalue weighted by atomic mass is 9.84. The molecule has 1 aromatic carbocycles. The highest BCUT2D eigenvalue weighted by atomic mass is 79.9. The number of hydrogen-bond donors (Lipinski definition) is 2. The molecule has 0 radical (unpaired) electrons. The molecule has 1 aromatic rings. The van der Waals surface area contributed by atoms with E-state index in [-0.39, 0.29) is 18.1 Å². The van der Waals surface area contributed by atoms with Crippen LogP contribution in [0.25, 0.3) is 0 Å². The first-order chi connectivity index (χ1) is 13.8. The van der Waals surface area contributed by atoms with Gasteiger partial charge in [0.2, 0.25) is 10.0 Å². The van der Waals surface area contributed by atoms with E-state index in [1.54, 1.807) is 6.20 Å². The van der Waals surface area contributed by atoms with Crippen LogP contribution in [-0.2, 0) is 21.2 Å². The van der Waals surface area contributed by atoms with Gasteiger partial charge in [-0.1, -0.05) is 40.2 Å². The number of hydrogen-bond acceptors (Lipinski definition) is 3. The molecule has 7 heteroatoms. The van der Waals surface area contributed by atoms with Gasteiger partial charge in [-0.2, -0.15) is 0 Å². The molecule has 2 N–H and O–H groups in total.